The molecule has 0 fully saturated rings. The van der Waals surface area contributed by atoms with Gasteiger partial charge in [-0.25, -0.2) is 0 Å². The van der Waals surface area contributed by atoms with Crippen molar-refractivity contribution in [2.45, 2.75) is 4.90 Å². The molecule has 1 aromatic carbocycles. The van der Waals surface area contributed by atoms with E-state index in [0.717, 1.165) is 6.07 Å². The maximum Gasteiger partial charge on any atom is 0.294 e. The predicted octanol–water partition coefficient (Wildman–Crippen LogP) is 0.421. The van der Waals surface area contributed by atoms with Crippen molar-refractivity contribution in [1.82, 2.24) is 0 Å². The summed E-state index contributed by atoms with van der Waals surface area (Å²) in [5.41, 5.74) is 0.296. The first-order valence-electron chi connectivity index (χ1n) is 3.92. The molecule has 0 heterocycles. The number of nitrogens with one attached hydrogen (secondary N) is 1. The zero-order chi connectivity index (χ0) is 11.5. The van der Waals surface area contributed by atoms with E-state index >= 15 is 0 Å². The Morgan fingerprint density at radius 3 is 2.56 bits per heavy atom. The van der Waals surface area contributed by atoms with Crippen molar-refractivity contribution in [2.75, 3.05) is 11.1 Å². The molecule has 1 aromatic rings. The molecule has 1 amide bonds. The van der Waals surface area contributed by atoms with Crippen LogP contribution in [0.2, 0.25) is 0 Å². The maximum atomic E-state index is 10.9. The third-order valence-electron chi connectivity index (χ3n) is 1.56. The molecule has 0 atom stereocenters. The number of hydrogen-bond acceptors (Lipinski definition) is 4. The van der Waals surface area contributed by atoms with E-state index in [4.69, 9.17) is 4.55 Å². The molecule has 0 aliphatic rings. The summed E-state index contributed by atoms with van der Waals surface area (Å²) in [6.07, 6.45) is 0. The van der Waals surface area contributed by atoms with Gasteiger partial charge in [-0.15, -0.1) is 0 Å². The van der Waals surface area contributed by atoms with Crippen LogP contribution in [-0.4, -0.2) is 76.0 Å². The molecule has 0 unspecified atom stereocenters. The summed E-state index contributed by atoms with van der Waals surface area (Å²) in [5.74, 6) is -0.360. The van der Waals surface area contributed by atoms with Gasteiger partial charge in [0.1, 0.15) is 0 Å². The molecule has 83 valence electrons. The largest absolute Gasteiger partial charge is 0.325 e. The van der Waals surface area contributed by atoms with Crippen LogP contribution in [-0.2, 0) is 14.9 Å². The standard InChI is InChI=1S/C8H9NO4S2.K/c10-8(5-14)9-6-2-1-3-7(4-6)15(11,12)13;/h1-4,14H,5H2,(H,9,10)(H,11,12,13);. The Hall–Kier alpha value is 0.586. The molecule has 1 rings (SSSR count). The van der Waals surface area contributed by atoms with Crippen LogP contribution in [0.1, 0.15) is 0 Å². The average molecular weight is 286 g/mol. The summed E-state index contributed by atoms with van der Waals surface area (Å²) in [4.78, 5) is 10.7. The number of hydrogen-bond donors (Lipinski definition) is 3. The van der Waals surface area contributed by atoms with Gasteiger partial charge in [0.2, 0.25) is 5.91 Å². The van der Waals surface area contributed by atoms with Crippen LogP contribution in [0.5, 0.6) is 0 Å². The smallest absolute Gasteiger partial charge is 0.294 e. The Morgan fingerprint density at radius 2 is 2.06 bits per heavy atom. The number of benzene rings is 1. The summed E-state index contributed by atoms with van der Waals surface area (Å²) < 4.78 is 30.3. The van der Waals surface area contributed by atoms with Gasteiger partial charge < -0.3 is 5.32 Å². The first-order chi connectivity index (χ1) is 6.93. The first kappa shape index (κ1) is 16.6. The average Bonchev–Trinajstić information content (AvgIpc) is 2.17. The van der Waals surface area contributed by atoms with E-state index in [0.29, 0.717) is 5.69 Å². The topological polar surface area (TPSA) is 83.5 Å². The van der Waals surface area contributed by atoms with Crippen molar-refractivity contribution in [1.29, 1.82) is 0 Å². The molecule has 0 spiro atoms. The number of amides is 1. The van der Waals surface area contributed by atoms with Crippen molar-refractivity contribution >= 4 is 85.7 Å². The summed E-state index contributed by atoms with van der Waals surface area (Å²) >= 11 is 3.75. The fraction of sp³-hybridized carbons (Fsp3) is 0.125. The van der Waals surface area contributed by atoms with Crippen LogP contribution >= 0.6 is 12.6 Å². The van der Waals surface area contributed by atoms with Gasteiger partial charge in [-0.2, -0.15) is 21.0 Å². The Bertz CT molecular complexity index is 475. The van der Waals surface area contributed by atoms with E-state index in [-0.39, 0.29) is 67.9 Å². The summed E-state index contributed by atoms with van der Waals surface area (Å²) in [7, 11) is -4.24. The molecule has 5 nitrogen and oxygen atoms in total. The van der Waals surface area contributed by atoms with E-state index in [1.54, 1.807) is 0 Å². The third-order valence-corrected chi connectivity index (χ3v) is 2.70. The van der Waals surface area contributed by atoms with E-state index in [1.165, 1.54) is 18.2 Å². The van der Waals surface area contributed by atoms with Gasteiger partial charge in [0.25, 0.3) is 10.1 Å². The van der Waals surface area contributed by atoms with Crippen LogP contribution in [0.15, 0.2) is 29.2 Å². The molecular formula is C8H9KNO4S2. The Balaban J connectivity index is 0.00000225. The SMILES string of the molecule is O=C(CS)Nc1cccc(S(=O)(=O)O)c1.[K]. The molecule has 16 heavy (non-hydrogen) atoms. The second-order valence-corrected chi connectivity index (χ2v) is 4.45. The molecule has 0 aliphatic heterocycles. The fourth-order valence-corrected chi connectivity index (χ4v) is 1.54. The van der Waals surface area contributed by atoms with Gasteiger partial charge in [0.15, 0.2) is 0 Å². The summed E-state index contributed by atoms with van der Waals surface area (Å²) in [6, 6.07) is 5.32. The van der Waals surface area contributed by atoms with E-state index in [9.17, 15) is 13.2 Å². The minimum absolute atomic E-state index is 0. The molecule has 8 heteroatoms. The van der Waals surface area contributed by atoms with Crippen LogP contribution in [0.4, 0.5) is 5.69 Å². The Morgan fingerprint density at radius 1 is 1.44 bits per heavy atom. The predicted molar refractivity (Wildman–Crippen MR) is 64.5 cm³/mol. The van der Waals surface area contributed by atoms with E-state index < -0.39 is 10.1 Å². The number of carbonyl (C=O) groups is 1. The van der Waals surface area contributed by atoms with Gasteiger partial charge in [-0.05, 0) is 18.2 Å². The molecule has 0 saturated heterocycles. The number of rotatable bonds is 3. The second kappa shape index (κ2) is 7.12. The van der Waals surface area contributed by atoms with Gasteiger partial charge in [-0.1, -0.05) is 6.07 Å². The number of anilines is 1. The van der Waals surface area contributed by atoms with Crippen molar-refractivity contribution < 1.29 is 17.8 Å². The van der Waals surface area contributed by atoms with Crippen molar-refractivity contribution in [3.05, 3.63) is 24.3 Å². The minimum Gasteiger partial charge on any atom is -0.325 e. The van der Waals surface area contributed by atoms with Crippen molar-refractivity contribution in [3.8, 4) is 0 Å². The molecule has 1 radical (unpaired) electrons. The second-order valence-electron chi connectivity index (χ2n) is 2.71. The molecule has 0 saturated carbocycles. The first-order valence-corrected chi connectivity index (χ1v) is 5.99. The molecule has 0 aromatic heterocycles. The molecular weight excluding hydrogens is 277 g/mol. The zero-order valence-electron chi connectivity index (χ0n) is 8.54. The molecule has 0 aliphatic carbocycles. The summed E-state index contributed by atoms with van der Waals surface area (Å²) in [5, 5.41) is 2.41. The van der Waals surface area contributed by atoms with Gasteiger partial charge >= 0.3 is 0 Å². The Kier molecular flexibility index (Phi) is 7.38. The fourth-order valence-electron chi connectivity index (χ4n) is 0.935. The minimum atomic E-state index is -4.24. The zero-order valence-corrected chi connectivity index (χ0v) is 13.4. The summed E-state index contributed by atoms with van der Waals surface area (Å²) in [6.45, 7) is 0. The van der Waals surface area contributed by atoms with Crippen molar-refractivity contribution in [3.63, 3.8) is 0 Å². The third kappa shape index (κ3) is 5.28. The van der Waals surface area contributed by atoms with Gasteiger partial charge in [-0.3, -0.25) is 9.35 Å². The maximum absolute atomic E-state index is 10.9. The van der Waals surface area contributed by atoms with Crippen LogP contribution in [0.3, 0.4) is 0 Å². The molecule has 0 bridgehead atoms. The van der Waals surface area contributed by atoms with Gasteiger partial charge in [0, 0.05) is 57.1 Å². The van der Waals surface area contributed by atoms with E-state index in [2.05, 4.69) is 17.9 Å². The van der Waals surface area contributed by atoms with Crippen LogP contribution in [0.25, 0.3) is 0 Å². The van der Waals surface area contributed by atoms with Crippen molar-refractivity contribution in [2.24, 2.45) is 0 Å². The monoisotopic (exact) mass is 286 g/mol. The normalized spacial score (nSPS) is 10.4. The van der Waals surface area contributed by atoms with Crippen LogP contribution < -0.4 is 5.32 Å². The van der Waals surface area contributed by atoms with Crippen LogP contribution in [0, 0.1) is 0 Å². The quantitative estimate of drug-likeness (QED) is 0.427. The van der Waals surface area contributed by atoms with Gasteiger partial charge in [0.05, 0.1) is 10.6 Å². The number of thiol groups is 1. The van der Waals surface area contributed by atoms with E-state index in [1.807, 2.05) is 0 Å². The molecule has 2 N–H and O–H groups in total. The Labute approximate surface area is 142 Å². The number of carbonyl (C=O) groups excluding carboxylic acids is 1.